The van der Waals surface area contributed by atoms with E-state index in [1.54, 1.807) is 22.1 Å². The van der Waals surface area contributed by atoms with E-state index in [9.17, 15) is 9.59 Å². The van der Waals surface area contributed by atoms with E-state index in [0.29, 0.717) is 31.9 Å². The first-order valence-electron chi connectivity index (χ1n) is 8.43. The van der Waals surface area contributed by atoms with Crippen LogP contribution in [-0.4, -0.2) is 53.3 Å². The Bertz CT molecular complexity index is 710. The summed E-state index contributed by atoms with van der Waals surface area (Å²) in [6, 6.07) is 13.9. The van der Waals surface area contributed by atoms with Crippen molar-refractivity contribution in [3.8, 4) is 0 Å². The second kappa shape index (κ2) is 7.79. The molecule has 2 aromatic rings. The van der Waals surface area contributed by atoms with Crippen LogP contribution in [0.1, 0.15) is 29.0 Å². The molecule has 1 atom stereocenters. The van der Waals surface area contributed by atoms with Gasteiger partial charge in [0.2, 0.25) is 6.41 Å². The van der Waals surface area contributed by atoms with E-state index in [-0.39, 0.29) is 11.9 Å². The molecule has 2 amide bonds. The SMILES string of the molecule is CC(Nc1ccc(C(=O)N2CCN(C=O)CC2)nc1)c1ccccc1. The number of piperazine rings is 1. The van der Waals surface area contributed by atoms with Gasteiger partial charge in [0, 0.05) is 32.2 Å². The fourth-order valence-electron chi connectivity index (χ4n) is 2.87. The van der Waals surface area contributed by atoms with Gasteiger partial charge in [0.25, 0.3) is 5.91 Å². The molecule has 1 fully saturated rings. The lowest BCUT2D eigenvalue weighted by Crippen LogP contribution is -2.48. The van der Waals surface area contributed by atoms with E-state index in [0.717, 1.165) is 12.1 Å². The van der Waals surface area contributed by atoms with E-state index in [2.05, 4.69) is 29.4 Å². The normalized spacial score (nSPS) is 15.6. The smallest absolute Gasteiger partial charge is 0.272 e. The largest absolute Gasteiger partial charge is 0.377 e. The topological polar surface area (TPSA) is 65.5 Å². The highest BCUT2D eigenvalue weighted by atomic mass is 16.2. The summed E-state index contributed by atoms with van der Waals surface area (Å²) < 4.78 is 0. The fourth-order valence-corrected chi connectivity index (χ4v) is 2.87. The van der Waals surface area contributed by atoms with Crippen molar-refractivity contribution in [1.29, 1.82) is 0 Å². The summed E-state index contributed by atoms with van der Waals surface area (Å²) in [7, 11) is 0. The van der Waals surface area contributed by atoms with Crippen LogP contribution in [0.4, 0.5) is 5.69 Å². The van der Waals surface area contributed by atoms with Crippen LogP contribution in [0.15, 0.2) is 48.7 Å². The van der Waals surface area contributed by atoms with Crippen LogP contribution in [-0.2, 0) is 4.79 Å². The van der Waals surface area contributed by atoms with E-state index < -0.39 is 0 Å². The Labute approximate surface area is 147 Å². The number of pyridine rings is 1. The Morgan fingerprint density at radius 1 is 1.12 bits per heavy atom. The van der Waals surface area contributed by atoms with Crippen LogP contribution in [0.5, 0.6) is 0 Å². The molecule has 6 nitrogen and oxygen atoms in total. The van der Waals surface area contributed by atoms with Crippen LogP contribution >= 0.6 is 0 Å². The number of hydrogen-bond acceptors (Lipinski definition) is 4. The summed E-state index contributed by atoms with van der Waals surface area (Å²) in [6.45, 7) is 4.32. The molecular formula is C19H22N4O2. The lowest BCUT2D eigenvalue weighted by Gasteiger charge is -2.32. The molecule has 0 spiro atoms. The van der Waals surface area contributed by atoms with Crippen molar-refractivity contribution < 1.29 is 9.59 Å². The molecule has 130 valence electrons. The molecule has 3 rings (SSSR count). The zero-order valence-electron chi connectivity index (χ0n) is 14.3. The maximum atomic E-state index is 12.5. The summed E-state index contributed by atoms with van der Waals surface area (Å²) >= 11 is 0. The maximum Gasteiger partial charge on any atom is 0.272 e. The number of amides is 2. The number of hydrogen-bond donors (Lipinski definition) is 1. The number of anilines is 1. The molecule has 1 aliphatic heterocycles. The molecule has 0 radical (unpaired) electrons. The molecule has 1 unspecified atom stereocenters. The average Bonchev–Trinajstić information content (AvgIpc) is 2.69. The molecule has 1 aromatic heterocycles. The number of nitrogens with one attached hydrogen (secondary N) is 1. The average molecular weight is 338 g/mol. The second-order valence-corrected chi connectivity index (χ2v) is 6.14. The standard InChI is InChI=1S/C19H22N4O2/c1-15(16-5-3-2-4-6-16)21-17-7-8-18(20-13-17)19(25)23-11-9-22(14-24)10-12-23/h2-8,13-15,21H,9-12H2,1H3. The monoisotopic (exact) mass is 338 g/mol. The van der Waals surface area contributed by atoms with E-state index in [4.69, 9.17) is 0 Å². The molecule has 1 saturated heterocycles. The third-order valence-corrected chi connectivity index (χ3v) is 4.42. The molecule has 1 aliphatic rings. The van der Waals surface area contributed by atoms with Gasteiger partial charge in [-0.2, -0.15) is 0 Å². The van der Waals surface area contributed by atoms with Crippen LogP contribution in [0.3, 0.4) is 0 Å². The Morgan fingerprint density at radius 3 is 2.44 bits per heavy atom. The van der Waals surface area contributed by atoms with Gasteiger partial charge in [-0.1, -0.05) is 30.3 Å². The van der Waals surface area contributed by atoms with Gasteiger partial charge in [0.05, 0.1) is 11.9 Å². The first-order chi connectivity index (χ1) is 12.2. The van der Waals surface area contributed by atoms with Gasteiger partial charge in [-0.15, -0.1) is 0 Å². The highest BCUT2D eigenvalue weighted by Crippen LogP contribution is 2.18. The zero-order valence-corrected chi connectivity index (χ0v) is 14.3. The van der Waals surface area contributed by atoms with Crippen LogP contribution < -0.4 is 5.32 Å². The maximum absolute atomic E-state index is 12.5. The van der Waals surface area contributed by atoms with Crippen molar-refractivity contribution in [1.82, 2.24) is 14.8 Å². The predicted octanol–water partition coefficient (Wildman–Crippen LogP) is 2.17. The van der Waals surface area contributed by atoms with Crippen LogP contribution in [0.25, 0.3) is 0 Å². The van der Waals surface area contributed by atoms with Crippen LogP contribution in [0.2, 0.25) is 0 Å². The molecule has 0 aliphatic carbocycles. The first-order valence-corrected chi connectivity index (χ1v) is 8.43. The zero-order chi connectivity index (χ0) is 17.6. The van der Waals surface area contributed by atoms with Crippen LogP contribution in [0, 0.1) is 0 Å². The van der Waals surface area contributed by atoms with Gasteiger partial charge in [-0.25, -0.2) is 4.98 Å². The minimum Gasteiger partial charge on any atom is -0.377 e. The molecule has 1 aromatic carbocycles. The summed E-state index contributed by atoms with van der Waals surface area (Å²) in [6.07, 6.45) is 2.52. The highest BCUT2D eigenvalue weighted by molar-refractivity contribution is 5.92. The van der Waals surface area contributed by atoms with Crippen molar-refractivity contribution in [3.63, 3.8) is 0 Å². The number of benzene rings is 1. The van der Waals surface area contributed by atoms with Crippen molar-refractivity contribution in [3.05, 3.63) is 59.9 Å². The van der Waals surface area contributed by atoms with Gasteiger partial charge >= 0.3 is 0 Å². The number of carbonyl (C=O) groups is 2. The van der Waals surface area contributed by atoms with E-state index >= 15 is 0 Å². The fraction of sp³-hybridized carbons (Fsp3) is 0.316. The van der Waals surface area contributed by atoms with Gasteiger partial charge in [0.1, 0.15) is 5.69 Å². The Morgan fingerprint density at radius 2 is 1.84 bits per heavy atom. The summed E-state index contributed by atoms with van der Waals surface area (Å²) in [5.41, 5.74) is 2.49. The predicted molar refractivity (Wildman–Crippen MR) is 96.3 cm³/mol. The minimum absolute atomic E-state index is 0.0896. The molecular weight excluding hydrogens is 316 g/mol. The second-order valence-electron chi connectivity index (χ2n) is 6.14. The van der Waals surface area contributed by atoms with Crippen molar-refractivity contribution >= 4 is 18.0 Å². The number of aromatic nitrogens is 1. The van der Waals surface area contributed by atoms with Crippen molar-refractivity contribution in [2.45, 2.75) is 13.0 Å². The molecule has 1 N–H and O–H groups in total. The Balaban J connectivity index is 1.60. The van der Waals surface area contributed by atoms with Gasteiger partial charge in [-0.05, 0) is 24.6 Å². The summed E-state index contributed by atoms with van der Waals surface area (Å²) in [4.78, 5) is 30.9. The van der Waals surface area contributed by atoms with Gasteiger partial charge in [-0.3, -0.25) is 9.59 Å². The molecule has 0 bridgehead atoms. The first kappa shape index (κ1) is 17.0. The lowest BCUT2D eigenvalue weighted by molar-refractivity contribution is -0.119. The quantitative estimate of drug-likeness (QED) is 0.849. The number of carbonyl (C=O) groups excluding carboxylic acids is 2. The summed E-state index contributed by atoms with van der Waals surface area (Å²) in [5, 5.41) is 3.38. The third-order valence-electron chi connectivity index (χ3n) is 4.42. The van der Waals surface area contributed by atoms with Gasteiger partial charge in [0.15, 0.2) is 0 Å². The van der Waals surface area contributed by atoms with E-state index in [1.807, 2.05) is 24.3 Å². The van der Waals surface area contributed by atoms with Crippen molar-refractivity contribution in [2.75, 3.05) is 31.5 Å². The Hall–Kier alpha value is -2.89. The minimum atomic E-state index is -0.0896. The van der Waals surface area contributed by atoms with E-state index in [1.165, 1.54) is 5.56 Å². The number of nitrogens with zero attached hydrogens (tertiary/aromatic N) is 3. The molecule has 25 heavy (non-hydrogen) atoms. The number of rotatable bonds is 5. The van der Waals surface area contributed by atoms with Gasteiger partial charge < -0.3 is 15.1 Å². The molecule has 6 heteroatoms. The highest BCUT2D eigenvalue weighted by Gasteiger charge is 2.22. The lowest BCUT2D eigenvalue weighted by atomic mass is 10.1. The molecule has 2 heterocycles. The third kappa shape index (κ3) is 4.15. The summed E-state index contributed by atoms with van der Waals surface area (Å²) in [5.74, 6) is -0.0896. The van der Waals surface area contributed by atoms with Crippen molar-refractivity contribution in [2.24, 2.45) is 0 Å². The molecule has 0 saturated carbocycles. The Kier molecular flexibility index (Phi) is 5.28.